The number of furan rings is 1. The summed E-state index contributed by atoms with van der Waals surface area (Å²) in [6.45, 7) is 1.66. The Kier molecular flexibility index (Phi) is 5.32. The number of ether oxygens (including phenoxy) is 1. The lowest BCUT2D eigenvalue weighted by atomic mass is 10.0. The number of amides is 2. The molecule has 0 unspecified atom stereocenters. The van der Waals surface area contributed by atoms with Crippen molar-refractivity contribution in [2.45, 2.75) is 19.0 Å². The minimum atomic E-state index is -0.784. The summed E-state index contributed by atoms with van der Waals surface area (Å²) in [5.41, 5.74) is 0.954. The molecule has 2 aromatic rings. The molecular formula is C16H18N2O4. The minimum Gasteiger partial charge on any atom is -0.467 e. The first kappa shape index (κ1) is 15.8. The van der Waals surface area contributed by atoms with Crippen molar-refractivity contribution in [3.63, 3.8) is 0 Å². The minimum absolute atomic E-state index is 0.297. The van der Waals surface area contributed by atoms with Crippen LogP contribution < -0.4 is 10.6 Å². The molecule has 0 radical (unpaired) electrons. The van der Waals surface area contributed by atoms with Crippen LogP contribution in [0.15, 0.2) is 53.1 Å². The lowest BCUT2D eigenvalue weighted by molar-refractivity contribution is -0.122. The van der Waals surface area contributed by atoms with Crippen LogP contribution in [0, 0.1) is 0 Å². The summed E-state index contributed by atoms with van der Waals surface area (Å²) in [7, 11) is 1.20. The van der Waals surface area contributed by atoms with Gasteiger partial charge in [-0.15, -0.1) is 0 Å². The van der Waals surface area contributed by atoms with Crippen LogP contribution in [0.25, 0.3) is 0 Å². The summed E-state index contributed by atoms with van der Waals surface area (Å²) in [4.78, 5) is 23.1. The molecule has 0 fully saturated rings. The maximum absolute atomic E-state index is 11.9. The molecule has 1 aromatic carbocycles. The van der Waals surface area contributed by atoms with Gasteiger partial charge in [-0.2, -0.15) is 0 Å². The number of carbonyl (C=O) groups is 2. The summed E-state index contributed by atoms with van der Waals surface area (Å²) in [5.74, 6) is 0.211. The van der Waals surface area contributed by atoms with Gasteiger partial charge in [0.15, 0.2) is 0 Å². The van der Waals surface area contributed by atoms with E-state index in [1.54, 1.807) is 19.3 Å². The van der Waals surface area contributed by atoms with Gasteiger partial charge in [0.2, 0.25) is 5.91 Å². The number of benzene rings is 1. The highest BCUT2D eigenvalue weighted by Crippen LogP contribution is 2.22. The standard InChI is InChI=1S/C16H18N2O4/c1-11(15(19)18-16(20)21-2)17-14(13-9-6-10-22-13)12-7-4-3-5-8-12/h3-11,14,17H,1-2H3,(H,18,19,20)/t11-,14-/m0/s1. The summed E-state index contributed by atoms with van der Waals surface area (Å²) in [6, 6.07) is 12.3. The molecule has 6 nitrogen and oxygen atoms in total. The van der Waals surface area contributed by atoms with Gasteiger partial charge in [-0.1, -0.05) is 30.3 Å². The molecule has 1 heterocycles. The molecule has 0 aliphatic heterocycles. The smallest absolute Gasteiger partial charge is 0.413 e. The number of nitrogens with one attached hydrogen (secondary N) is 2. The van der Waals surface area contributed by atoms with Gasteiger partial charge in [0.25, 0.3) is 0 Å². The first-order chi connectivity index (χ1) is 10.6. The van der Waals surface area contributed by atoms with Gasteiger partial charge >= 0.3 is 6.09 Å². The van der Waals surface area contributed by atoms with Crippen molar-refractivity contribution in [3.8, 4) is 0 Å². The molecule has 1 aromatic heterocycles. The zero-order chi connectivity index (χ0) is 15.9. The zero-order valence-corrected chi connectivity index (χ0v) is 12.4. The second-order valence-corrected chi connectivity index (χ2v) is 4.73. The number of carbonyl (C=O) groups excluding carboxylic acids is 2. The van der Waals surface area contributed by atoms with E-state index in [2.05, 4.69) is 15.4 Å². The van der Waals surface area contributed by atoms with Crippen LogP contribution in [-0.2, 0) is 9.53 Å². The highest BCUT2D eigenvalue weighted by molar-refractivity contribution is 5.94. The lowest BCUT2D eigenvalue weighted by Crippen LogP contribution is -2.45. The molecule has 0 aliphatic rings. The van der Waals surface area contributed by atoms with Gasteiger partial charge in [-0.05, 0) is 24.6 Å². The Morgan fingerprint density at radius 1 is 1.14 bits per heavy atom. The van der Waals surface area contributed by atoms with Crippen LogP contribution in [0.2, 0.25) is 0 Å². The van der Waals surface area contributed by atoms with Crippen LogP contribution in [0.5, 0.6) is 0 Å². The summed E-state index contributed by atoms with van der Waals surface area (Å²) in [6.07, 6.45) is 0.791. The molecule has 2 N–H and O–H groups in total. The van der Waals surface area contributed by atoms with Crippen molar-refractivity contribution < 1.29 is 18.7 Å². The monoisotopic (exact) mass is 302 g/mol. The zero-order valence-electron chi connectivity index (χ0n) is 12.4. The third-order valence-corrected chi connectivity index (χ3v) is 3.18. The quantitative estimate of drug-likeness (QED) is 0.885. The molecule has 2 atom stereocenters. The molecule has 0 bridgehead atoms. The fourth-order valence-electron chi connectivity index (χ4n) is 2.03. The number of hydrogen-bond donors (Lipinski definition) is 2. The van der Waals surface area contributed by atoms with E-state index >= 15 is 0 Å². The van der Waals surface area contributed by atoms with Gasteiger partial charge in [0, 0.05) is 0 Å². The molecule has 0 aliphatic carbocycles. The summed E-state index contributed by atoms with van der Waals surface area (Å²) in [5, 5.41) is 5.29. The lowest BCUT2D eigenvalue weighted by Gasteiger charge is -2.21. The topological polar surface area (TPSA) is 80.6 Å². The first-order valence-corrected chi connectivity index (χ1v) is 6.85. The predicted octanol–water partition coefficient (Wildman–Crippen LogP) is 2.23. The number of alkyl carbamates (subject to hydrolysis) is 1. The molecular weight excluding hydrogens is 284 g/mol. The van der Waals surface area contributed by atoms with Gasteiger partial charge in [0.1, 0.15) is 5.76 Å². The van der Waals surface area contributed by atoms with Crippen LogP contribution >= 0.6 is 0 Å². The third-order valence-electron chi connectivity index (χ3n) is 3.18. The molecule has 2 rings (SSSR count). The number of rotatable bonds is 5. The van der Waals surface area contributed by atoms with Crippen molar-refractivity contribution in [3.05, 3.63) is 60.1 Å². The molecule has 0 spiro atoms. The van der Waals surface area contributed by atoms with E-state index in [0.29, 0.717) is 5.76 Å². The van der Waals surface area contributed by atoms with E-state index in [9.17, 15) is 9.59 Å². The fraction of sp³-hybridized carbons (Fsp3) is 0.250. The van der Waals surface area contributed by atoms with Crippen molar-refractivity contribution in [1.29, 1.82) is 0 Å². The number of methoxy groups -OCH3 is 1. The van der Waals surface area contributed by atoms with E-state index < -0.39 is 18.0 Å². The first-order valence-electron chi connectivity index (χ1n) is 6.85. The van der Waals surface area contributed by atoms with Gasteiger partial charge < -0.3 is 9.15 Å². The highest BCUT2D eigenvalue weighted by Gasteiger charge is 2.23. The average Bonchev–Trinajstić information content (AvgIpc) is 3.07. The highest BCUT2D eigenvalue weighted by atomic mass is 16.5. The Balaban J connectivity index is 2.14. The van der Waals surface area contributed by atoms with E-state index in [-0.39, 0.29) is 6.04 Å². The van der Waals surface area contributed by atoms with Crippen molar-refractivity contribution in [2.24, 2.45) is 0 Å². The number of imide groups is 1. The molecule has 0 saturated carbocycles. The molecule has 0 saturated heterocycles. The van der Waals surface area contributed by atoms with E-state index in [0.717, 1.165) is 5.56 Å². The Labute approximate surface area is 128 Å². The predicted molar refractivity (Wildman–Crippen MR) is 80.1 cm³/mol. The Morgan fingerprint density at radius 3 is 2.45 bits per heavy atom. The van der Waals surface area contributed by atoms with Crippen LogP contribution in [0.3, 0.4) is 0 Å². The normalized spacial score (nSPS) is 13.2. The second kappa shape index (κ2) is 7.42. The van der Waals surface area contributed by atoms with E-state index in [1.807, 2.05) is 36.4 Å². The Morgan fingerprint density at radius 2 is 1.86 bits per heavy atom. The van der Waals surface area contributed by atoms with E-state index in [4.69, 9.17) is 4.42 Å². The maximum atomic E-state index is 11.9. The molecule has 116 valence electrons. The van der Waals surface area contributed by atoms with Gasteiger partial charge in [0.05, 0.1) is 25.5 Å². The van der Waals surface area contributed by atoms with Crippen molar-refractivity contribution in [2.75, 3.05) is 7.11 Å². The summed E-state index contributed by atoms with van der Waals surface area (Å²) >= 11 is 0. The molecule has 22 heavy (non-hydrogen) atoms. The van der Waals surface area contributed by atoms with Crippen LogP contribution in [0.1, 0.15) is 24.3 Å². The average molecular weight is 302 g/mol. The van der Waals surface area contributed by atoms with Crippen molar-refractivity contribution in [1.82, 2.24) is 10.6 Å². The van der Waals surface area contributed by atoms with Gasteiger partial charge in [-0.25, -0.2) is 4.79 Å². The second-order valence-electron chi connectivity index (χ2n) is 4.73. The maximum Gasteiger partial charge on any atom is 0.413 e. The van der Waals surface area contributed by atoms with E-state index in [1.165, 1.54) is 7.11 Å². The van der Waals surface area contributed by atoms with Crippen molar-refractivity contribution >= 4 is 12.0 Å². The number of hydrogen-bond acceptors (Lipinski definition) is 5. The Hall–Kier alpha value is -2.60. The third kappa shape index (κ3) is 3.95. The summed E-state index contributed by atoms with van der Waals surface area (Å²) < 4.78 is 9.86. The fourth-order valence-corrected chi connectivity index (χ4v) is 2.03. The van der Waals surface area contributed by atoms with Crippen LogP contribution in [0.4, 0.5) is 4.79 Å². The largest absolute Gasteiger partial charge is 0.467 e. The van der Waals surface area contributed by atoms with Gasteiger partial charge in [-0.3, -0.25) is 15.4 Å². The SMILES string of the molecule is COC(=O)NC(=O)[C@H](C)N[C@@H](c1ccccc1)c1ccco1. The molecule has 6 heteroatoms. The molecule has 2 amide bonds. The Bertz CT molecular complexity index is 610. The van der Waals surface area contributed by atoms with Crippen LogP contribution in [-0.4, -0.2) is 25.2 Å².